The minimum Gasteiger partial charge on any atom is -0.461 e. The fraction of sp³-hybridized carbons (Fsp3) is 0.700. The van der Waals surface area contributed by atoms with Gasteiger partial charge in [-0.05, 0) is 19.3 Å². The second-order valence-corrected chi connectivity index (χ2v) is 3.57. The van der Waals surface area contributed by atoms with Gasteiger partial charge in [0.25, 0.3) is 0 Å². The fourth-order valence-electron chi connectivity index (χ4n) is 0.952. The zero-order valence-electron chi connectivity index (χ0n) is 9.58. The minimum atomic E-state index is -6.54. The maximum absolute atomic E-state index is 12.7. The normalized spacial score (nSPS) is 13.2. The number of allylic oxidation sites excluding steroid dienone is 1. The summed E-state index contributed by atoms with van der Waals surface area (Å²) < 4.78 is 89.1. The van der Waals surface area contributed by atoms with Crippen LogP contribution in [0.1, 0.15) is 19.3 Å². The van der Waals surface area contributed by atoms with Crippen molar-refractivity contribution < 1.29 is 40.3 Å². The molecule has 2 nitrogen and oxygen atoms in total. The lowest BCUT2D eigenvalue weighted by atomic mass is 10.1. The van der Waals surface area contributed by atoms with E-state index in [1.165, 1.54) is 6.08 Å². The Morgan fingerprint density at radius 1 is 1.05 bits per heavy atom. The number of hydrogen-bond donors (Lipinski definition) is 0. The number of ether oxygens (including phenoxy) is 1. The van der Waals surface area contributed by atoms with Crippen molar-refractivity contribution in [2.75, 3.05) is 6.61 Å². The van der Waals surface area contributed by atoms with E-state index >= 15 is 0 Å². The van der Waals surface area contributed by atoms with Crippen LogP contribution in [0.5, 0.6) is 0 Å². The monoisotopic (exact) mass is 296 g/mol. The largest absolute Gasteiger partial charge is 0.461 e. The molecule has 0 aromatic rings. The lowest BCUT2D eigenvalue weighted by Gasteiger charge is -2.26. The molecule has 0 aliphatic rings. The Labute approximate surface area is 104 Å². The van der Waals surface area contributed by atoms with E-state index in [2.05, 4.69) is 11.3 Å². The summed E-state index contributed by atoms with van der Waals surface area (Å²) in [4.78, 5) is 10.6. The maximum Gasteiger partial charge on any atom is 0.460 e. The highest BCUT2D eigenvalue weighted by atomic mass is 19.4. The molecule has 0 aromatic heterocycles. The molecule has 0 N–H and O–H groups in total. The number of halogens is 7. The molecule has 0 aromatic carbocycles. The first-order chi connectivity index (χ1) is 8.48. The van der Waals surface area contributed by atoms with Crippen LogP contribution < -0.4 is 0 Å². The highest BCUT2D eigenvalue weighted by Crippen LogP contribution is 2.46. The number of rotatable bonds is 7. The Balaban J connectivity index is 4.56. The molecule has 0 bridgehead atoms. The fourth-order valence-corrected chi connectivity index (χ4v) is 0.952. The van der Waals surface area contributed by atoms with Crippen molar-refractivity contribution in [1.82, 2.24) is 0 Å². The van der Waals surface area contributed by atoms with Gasteiger partial charge in [0.2, 0.25) is 0 Å². The molecule has 0 radical (unpaired) electrons. The van der Waals surface area contributed by atoms with E-state index in [1.54, 1.807) is 0 Å². The minimum absolute atomic E-state index is 0.0471. The molecule has 0 aliphatic carbocycles. The Morgan fingerprint density at radius 3 is 2.00 bits per heavy atom. The molecule has 0 heterocycles. The summed E-state index contributed by atoms with van der Waals surface area (Å²) in [5.41, 5.74) is 0. The summed E-state index contributed by atoms with van der Waals surface area (Å²) in [5, 5.41) is 0. The number of unbranched alkanes of at least 4 members (excludes halogenated alkanes) is 2. The van der Waals surface area contributed by atoms with Gasteiger partial charge in [-0.15, -0.1) is 6.58 Å². The Bertz CT molecular complexity index is 322. The highest BCUT2D eigenvalue weighted by Gasteiger charge is 2.77. The van der Waals surface area contributed by atoms with Crippen LogP contribution in [-0.4, -0.2) is 30.6 Å². The first-order valence-corrected chi connectivity index (χ1v) is 5.09. The second kappa shape index (κ2) is 6.25. The van der Waals surface area contributed by atoms with Gasteiger partial charge in [-0.3, -0.25) is 0 Å². The van der Waals surface area contributed by atoms with Crippen molar-refractivity contribution in [3.63, 3.8) is 0 Å². The summed E-state index contributed by atoms with van der Waals surface area (Å²) >= 11 is 0. The molecule has 0 unspecified atom stereocenters. The van der Waals surface area contributed by atoms with Gasteiger partial charge in [0.15, 0.2) is 0 Å². The molecule has 0 saturated carbocycles. The predicted octanol–water partition coefficient (Wildman–Crippen LogP) is 3.72. The molecule has 0 saturated heterocycles. The summed E-state index contributed by atoms with van der Waals surface area (Å²) in [6.07, 6.45) is -4.18. The molecule has 9 heteroatoms. The molecular formula is C10H11F7O2. The smallest absolute Gasteiger partial charge is 0.460 e. The average molecular weight is 296 g/mol. The van der Waals surface area contributed by atoms with Gasteiger partial charge in [0.1, 0.15) is 0 Å². The van der Waals surface area contributed by atoms with E-state index in [-0.39, 0.29) is 6.42 Å². The molecule has 0 rings (SSSR count). The van der Waals surface area contributed by atoms with Gasteiger partial charge in [0.05, 0.1) is 6.61 Å². The second-order valence-electron chi connectivity index (χ2n) is 3.57. The van der Waals surface area contributed by atoms with Crippen molar-refractivity contribution in [3.8, 4) is 0 Å². The number of esters is 1. The van der Waals surface area contributed by atoms with Crippen molar-refractivity contribution in [2.24, 2.45) is 0 Å². The van der Waals surface area contributed by atoms with Crippen molar-refractivity contribution in [2.45, 2.75) is 37.3 Å². The molecule has 0 spiro atoms. The van der Waals surface area contributed by atoms with Crippen molar-refractivity contribution >= 4 is 5.97 Å². The molecule has 112 valence electrons. The van der Waals surface area contributed by atoms with Gasteiger partial charge in [-0.2, -0.15) is 30.7 Å². The first kappa shape index (κ1) is 17.7. The van der Waals surface area contributed by atoms with E-state index in [0.29, 0.717) is 12.8 Å². The quantitative estimate of drug-likeness (QED) is 0.310. The molecule has 0 amide bonds. The predicted molar refractivity (Wildman–Crippen MR) is 51.0 cm³/mol. The summed E-state index contributed by atoms with van der Waals surface area (Å²) in [5.74, 6) is -15.3. The third-order valence-electron chi connectivity index (χ3n) is 2.04. The zero-order valence-corrected chi connectivity index (χ0v) is 9.58. The Hall–Kier alpha value is -1.28. The number of alkyl halides is 7. The topological polar surface area (TPSA) is 26.3 Å². The molecular weight excluding hydrogens is 285 g/mol. The summed E-state index contributed by atoms with van der Waals surface area (Å²) in [6.45, 7) is 2.67. The number of carbonyl (C=O) groups is 1. The lowest BCUT2D eigenvalue weighted by Crippen LogP contribution is -2.56. The van der Waals surface area contributed by atoms with Crippen molar-refractivity contribution in [3.05, 3.63) is 12.7 Å². The van der Waals surface area contributed by atoms with Gasteiger partial charge in [0, 0.05) is 0 Å². The van der Waals surface area contributed by atoms with E-state index in [1.807, 2.05) is 0 Å². The Kier molecular flexibility index (Phi) is 5.83. The third-order valence-corrected chi connectivity index (χ3v) is 2.04. The van der Waals surface area contributed by atoms with Crippen LogP contribution in [0, 0.1) is 0 Å². The van der Waals surface area contributed by atoms with E-state index in [9.17, 15) is 35.5 Å². The maximum atomic E-state index is 12.7. The van der Waals surface area contributed by atoms with Crippen LogP contribution in [-0.2, 0) is 9.53 Å². The SMILES string of the molecule is C=CCCCCOC(=O)C(F)(F)C(F)(F)C(F)(F)F. The number of hydrogen-bond acceptors (Lipinski definition) is 2. The third kappa shape index (κ3) is 4.10. The highest BCUT2D eigenvalue weighted by molar-refractivity contribution is 5.79. The first-order valence-electron chi connectivity index (χ1n) is 5.09. The zero-order chi connectivity index (χ0) is 15.3. The van der Waals surface area contributed by atoms with Gasteiger partial charge in [-0.1, -0.05) is 6.08 Å². The van der Waals surface area contributed by atoms with E-state index in [4.69, 9.17) is 0 Å². The summed E-state index contributed by atoms with van der Waals surface area (Å²) in [6, 6.07) is 0. The standard InChI is InChI=1S/C10H11F7O2/c1-2-3-4-5-6-19-7(18)8(11,12)9(13,14)10(15,16)17/h2H,1,3-6H2. The van der Waals surface area contributed by atoms with Crippen LogP contribution in [0.2, 0.25) is 0 Å². The van der Waals surface area contributed by atoms with Crippen LogP contribution in [0.15, 0.2) is 12.7 Å². The summed E-state index contributed by atoms with van der Waals surface area (Å²) in [7, 11) is 0. The molecule has 19 heavy (non-hydrogen) atoms. The van der Waals surface area contributed by atoms with Crippen LogP contribution in [0.25, 0.3) is 0 Å². The molecule has 0 fully saturated rings. The number of carbonyl (C=O) groups excluding carboxylic acids is 1. The van der Waals surface area contributed by atoms with Gasteiger partial charge >= 0.3 is 24.0 Å². The van der Waals surface area contributed by atoms with E-state index < -0.39 is 30.6 Å². The van der Waals surface area contributed by atoms with Gasteiger partial charge in [-0.25, -0.2) is 4.79 Å². The van der Waals surface area contributed by atoms with Crippen LogP contribution in [0.3, 0.4) is 0 Å². The van der Waals surface area contributed by atoms with Gasteiger partial charge < -0.3 is 4.74 Å². The molecule has 0 atom stereocenters. The molecule has 0 aliphatic heterocycles. The average Bonchev–Trinajstić information content (AvgIpc) is 2.26. The van der Waals surface area contributed by atoms with Crippen LogP contribution in [0.4, 0.5) is 30.7 Å². The lowest BCUT2D eigenvalue weighted by molar-refractivity contribution is -0.348. The Morgan fingerprint density at radius 2 is 1.58 bits per heavy atom. The van der Waals surface area contributed by atoms with Crippen molar-refractivity contribution in [1.29, 1.82) is 0 Å². The van der Waals surface area contributed by atoms with E-state index in [0.717, 1.165) is 0 Å². The van der Waals surface area contributed by atoms with Crippen LogP contribution >= 0.6 is 0 Å².